The highest BCUT2D eigenvalue weighted by atomic mass is 19.1. The third-order valence-electron chi connectivity index (χ3n) is 1.70. The molecule has 1 aliphatic carbocycles. The number of rotatable bonds is 1. The van der Waals surface area contributed by atoms with Gasteiger partial charge in [0.25, 0.3) is 0 Å². The zero-order valence-corrected chi connectivity index (χ0v) is 9.27. The number of carbonyl (C=O) groups excluding carboxylic acids is 1. The third kappa shape index (κ3) is 8.16. The maximum atomic E-state index is 12.7. The summed E-state index contributed by atoms with van der Waals surface area (Å²) in [7, 11) is 0. The minimum atomic E-state index is -0.600. The van der Waals surface area contributed by atoms with Crippen LogP contribution in [-0.2, 0) is 4.79 Å². The molecule has 2 nitrogen and oxygen atoms in total. The minimum Gasteiger partial charge on any atom is -0.366 e. The number of hydrogen-bond donors (Lipinski definition) is 1. The Bertz CT molecular complexity index is 219. The summed E-state index contributed by atoms with van der Waals surface area (Å²) in [5, 5.41) is 0. The predicted molar refractivity (Wildman–Crippen MR) is 63.0 cm³/mol. The number of hydrogen-bond acceptors (Lipinski definition) is 1. The average Bonchev–Trinajstić information content (AvgIpc) is 2.03. The zero-order chi connectivity index (χ0) is 11.1. The van der Waals surface area contributed by atoms with E-state index in [4.69, 9.17) is 5.73 Å². The molecule has 0 heterocycles. The van der Waals surface area contributed by atoms with E-state index >= 15 is 0 Å². The Morgan fingerprint density at radius 3 is 1.93 bits per heavy atom. The third-order valence-corrected chi connectivity index (χ3v) is 1.70. The summed E-state index contributed by atoms with van der Waals surface area (Å²) in [6, 6.07) is 0. The van der Waals surface area contributed by atoms with Crippen molar-refractivity contribution >= 4 is 5.91 Å². The molecule has 15 heavy (non-hydrogen) atoms. The molecule has 3 heteroatoms. The van der Waals surface area contributed by atoms with Crippen LogP contribution in [0.2, 0.25) is 0 Å². The molecule has 1 aliphatic rings. The van der Waals surface area contributed by atoms with Gasteiger partial charge in [-0.1, -0.05) is 28.2 Å². The summed E-state index contributed by atoms with van der Waals surface area (Å²) < 4.78 is 12.7. The molecule has 0 saturated carbocycles. The van der Waals surface area contributed by atoms with Crippen LogP contribution in [0.4, 0.5) is 4.39 Å². The topological polar surface area (TPSA) is 43.1 Å². The molecule has 0 saturated heterocycles. The molecular weight excluding hydrogens is 193 g/mol. The summed E-state index contributed by atoms with van der Waals surface area (Å²) in [4.78, 5) is 10.5. The lowest BCUT2D eigenvalue weighted by Gasteiger charge is -2.10. The van der Waals surface area contributed by atoms with Crippen molar-refractivity contribution in [2.45, 2.75) is 53.9 Å². The van der Waals surface area contributed by atoms with E-state index < -0.39 is 5.91 Å². The van der Waals surface area contributed by atoms with E-state index in [2.05, 4.69) is 20.8 Å². The van der Waals surface area contributed by atoms with Crippen LogP contribution in [0.3, 0.4) is 0 Å². The van der Waals surface area contributed by atoms with E-state index in [9.17, 15) is 9.18 Å². The fraction of sp³-hybridized carbons (Fsp3) is 0.750. The first kappa shape index (κ1) is 16.6. The SMILES string of the molecule is C.CC(C)C.NC(=O)C1=C(F)CCCC1. The van der Waals surface area contributed by atoms with Crippen LogP contribution in [0.25, 0.3) is 0 Å². The van der Waals surface area contributed by atoms with Crippen LogP contribution in [0.1, 0.15) is 53.9 Å². The van der Waals surface area contributed by atoms with Crippen molar-refractivity contribution in [2.75, 3.05) is 0 Å². The van der Waals surface area contributed by atoms with Gasteiger partial charge in [-0.2, -0.15) is 0 Å². The first-order valence-corrected chi connectivity index (χ1v) is 5.12. The maximum Gasteiger partial charge on any atom is 0.247 e. The number of halogens is 1. The van der Waals surface area contributed by atoms with Crippen LogP contribution in [-0.4, -0.2) is 5.91 Å². The van der Waals surface area contributed by atoms with Crippen LogP contribution in [0.15, 0.2) is 11.4 Å². The molecule has 1 amide bonds. The van der Waals surface area contributed by atoms with Crippen molar-refractivity contribution in [3.8, 4) is 0 Å². The maximum absolute atomic E-state index is 12.7. The highest BCUT2D eigenvalue weighted by Gasteiger charge is 2.15. The lowest BCUT2D eigenvalue weighted by molar-refractivity contribution is -0.114. The van der Waals surface area contributed by atoms with Gasteiger partial charge in [0.2, 0.25) is 5.91 Å². The Morgan fingerprint density at radius 1 is 1.27 bits per heavy atom. The molecule has 90 valence electrons. The van der Waals surface area contributed by atoms with Gasteiger partial charge in [0.05, 0.1) is 0 Å². The smallest absolute Gasteiger partial charge is 0.247 e. The fourth-order valence-electron chi connectivity index (χ4n) is 1.13. The zero-order valence-electron chi connectivity index (χ0n) is 9.27. The van der Waals surface area contributed by atoms with Crippen LogP contribution in [0, 0.1) is 5.92 Å². The molecule has 0 aliphatic heterocycles. The van der Waals surface area contributed by atoms with E-state index in [-0.39, 0.29) is 18.8 Å². The van der Waals surface area contributed by atoms with E-state index in [1.165, 1.54) is 0 Å². The number of carbonyl (C=O) groups is 1. The number of primary amides is 1. The van der Waals surface area contributed by atoms with Crippen molar-refractivity contribution in [2.24, 2.45) is 11.7 Å². The van der Waals surface area contributed by atoms with Gasteiger partial charge in [0.15, 0.2) is 0 Å². The second-order valence-corrected chi connectivity index (χ2v) is 4.19. The largest absolute Gasteiger partial charge is 0.366 e. The summed E-state index contributed by atoms with van der Waals surface area (Å²) in [6.45, 7) is 6.50. The van der Waals surface area contributed by atoms with Gasteiger partial charge in [-0.05, 0) is 31.6 Å². The van der Waals surface area contributed by atoms with Gasteiger partial charge in [0, 0.05) is 5.57 Å². The second kappa shape index (κ2) is 8.45. The summed E-state index contributed by atoms with van der Waals surface area (Å²) >= 11 is 0. The van der Waals surface area contributed by atoms with Gasteiger partial charge in [-0.25, -0.2) is 4.39 Å². The monoisotopic (exact) mass is 217 g/mol. The first-order chi connectivity index (χ1) is 6.45. The highest BCUT2D eigenvalue weighted by Crippen LogP contribution is 2.24. The Labute approximate surface area is 92.7 Å². The Morgan fingerprint density at radius 2 is 1.67 bits per heavy atom. The molecule has 0 aromatic heterocycles. The van der Waals surface area contributed by atoms with Gasteiger partial charge in [-0.3, -0.25) is 4.79 Å². The van der Waals surface area contributed by atoms with Gasteiger partial charge in [0.1, 0.15) is 5.83 Å². The van der Waals surface area contributed by atoms with Crippen molar-refractivity contribution < 1.29 is 9.18 Å². The highest BCUT2D eigenvalue weighted by molar-refractivity contribution is 5.92. The predicted octanol–water partition coefficient (Wildman–Crippen LogP) is 3.57. The summed E-state index contributed by atoms with van der Waals surface area (Å²) in [5.41, 5.74) is 5.12. The number of amides is 1. The minimum absolute atomic E-state index is 0. The lowest BCUT2D eigenvalue weighted by atomic mass is 9.98. The van der Waals surface area contributed by atoms with Crippen molar-refractivity contribution in [3.05, 3.63) is 11.4 Å². The molecule has 0 fully saturated rings. The van der Waals surface area contributed by atoms with Crippen molar-refractivity contribution in [3.63, 3.8) is 0 Å². The molecule has 0 aromatic rings. The van der Waals surface area contributed by atoms with Gasteiger partial charge in [-0.15, -0.1) is 0 Å². The molecule has 1 rings (SSSR count). The second-order valence-electron chi connectivity index (χ2n) is 4.19. The molecule has 0 aromatic carbocycles. The van der Waals surface area contributed by atoms with E-state index in [0.29, 0.717) is 12.8 Å². The van der Waals surface area contributed by atoms with E-state index in [1.807, 2.05) is 0 Å². The fourth-order valence-corrected chi connectivity index (χ4v) is 1.13. The quantitative estimate of drug-likeness (QED) is 0.717. The summed E-state index contributed by atoms with van der Waals surface area (Å²) in [6.07, 6.45) is 2.62. The van der Waals surface area contributed by atoms with Gasteiger partial charge < -0.3 is 5.73 Å². The van der Waals surface area contributed by atoms with Gasteiger partial charge >= 0.3 is 0 Å². The summed E-state index contributed by atoms with van der Waals surface area (Å²) in [5.74, 6) is -0.0732. The normalized spacial score (nSPS) is 15.3. The number of nitrogens with two attached hydrogens (primary N) is 1. The van der Waals surface area contributed by atoms with Crippen molar-refractivity contribution in [1.82, 2.24) is 0 Å². The molecule has 2 N–H and O–H groups in total. The van der Waals surface area contributed by atoms with E-state index in [1.54, 1.807) is 0 Å². The molecule has 0 radical (unpaired) electrons. The Balaban J connectivity index is 0. The van der Waals surface area contributed by atoms with Crippen LogP contribution < -0.4 is 5.73 Å². The first-order valence-electron chi connectivity index (χ1n) is 5.12. The molecule has 0 bridgehead atoms. The molecule has 0 unspecified atom stereocenters. The Hall–Kier alpha value is -0.860. The van der Waals surface area contributed by atoms with Crippen LogP contribution >= 0.6 is 0 Å². The molecular formula is C12H24FNO. The Kier molecular flexibility index (Phi) is 9.33. The molecule has 0 atom stereocenters. The standard InChI is InChI=1S/C7H10FNO.C4H10.CH4/c8-6-4-2-1-3-5(6)7(9)10;1-4(2)3;/h1-4H2,(H2,9,10);4H,1-3H3;1H4. The average molecular weight is 217 g/mol. The number of allylic oxidation sites excluding steroid dienone is 1. The van der Waals surface area contributed by atoms with Crippen molar-refractivity contribution in [1.29, 1.82) is 0 Å². The lowest BCUT2D eigenvalue weighted by Crippen LogP contribution is -2.17. The van der Waals surface area contributed by atoms with E-state index in [0.717, 1.165) is 18.8 Å². The molecule has 0 spiro atoms. The van der Waals surface area contributed by atoms with Crippen LogP contribution in [0.5, 0.6) is 0 Å².